The SMILES string of the molecule is COc1ccc(/C(O)=C2\C(=O)C(=O)N(CCN(C)C)C2c2ccccc2OC)c(O)c1. The number of Topliss-reactive ketones (excluding diaryl/α,β-unsaturated/α-hetero) is 1. The zero-order valence-corrected chi connectivity index (χ0v) is 18.0. The smallest absolute Gasteiger partial charge is 0.295 e. The molecule has 1 aliphatic heterocycles. The van der Waals surface area contributed by atoms with Crippen LogP contribution >= 0.6 is 0 Å². The highest BCUT2D eigenvalue weighted by Gasteiger charge is 2.47. The maximum absolute atomic E-state index is 13.0. The Labute approximate surface area is 180 Å². The maximum Gasteiger partial charge on any atom is 0.295 e. The lowest BCUT2D eigenvalue weighted by molar-refractivity contribution is -0.140. The number of phenolic OH excluding ortho intramolecular Hbond substituents is 1. The summed E-state index contributed by atoms with van der Waals surface area (Å²) in [6.45, 7) is 0.790. The number of aliphatic hydroxyl groups is 1. The molecule has 3 rings (SSSR count). The molecule has 2 aromatic carbocycles. The summed E-state index contributed by atoms with van der Waals surface area (Å²) < 4.78 is 10.5. The van der Waals surface area contributed by atoms with Crippen molar-refractivity contribution in [3.8, 4) is 17.2 Å². The fourth-order valence-electron chi connectivity index (χ4n) is 3.62. The van der Waals surface area contributed by atoms with Crippen molar-refractivity contribution in [3.05, 3.63) is 59.2 Å². The minimum absolute atomic E-state index is 0.0336. The molecule has 8 nitrogen and oxygen atoms in total. The summed E-state index contributed by atoms with van der Waals surface area (Å²) in [4.78, 5) is 29.3. The number of nitrogens with zero attached hydrogens (tertiary/aromatic N) is 2. The zero-order valence-electron chi connectivity index (χ0n) is 18.0. The van der Waals surface area contributed by atoms with Gasteiger partial charge < -0.3 is 29.5 Å². The van der Waals surface area contributed by atoms with Crippen LogP contribution in [0.25, 0.3) is 5.76 Å². The number of ether oxygens (including phenoxy) is 2. The van der Waals surface area contributed by atoms with Crippen molar-refractivity contribution < 1.29 is 29.3 Å². The minimum atomic E-state index is -0.863. The summed E-state index contributed by atoms with van der Waals surface area (Å²) in [5.41, 5.74) is 0.498. The van der Waals surface area contributed by atoms with E-state index in [-0.39, 0.29) is 23.4 Å². The van der Waals surface area contributed by atoms with E-state index < -0.39 is 23.5 Å². The van der Waals surface area contributed by atoms with Crippen molar-refractivity contribution in [1.82, 2.24) is 9.80 Å². The highest BCUT2D eigenvalue weighted by atomic mass is 16.5. The molecule has 164 valence electrons. The number of likely N-dealkylation sites (tertiary alicyclic amines) is 1. The molecule has 0 spiro atoms. The average Bonchev–Trinajstić information content (AvgIpc) is 3.01. The van der Waals surface area contributed by atoms with E-state index in [0.717, 1.165) is 0 Å². The summed E-state index contributed by atoms with van der Waals surface area (Å²) in [6.07, 6.45) is 0. The number of ketones is 1. The van der Waals surface area contributed by atoms with Crippen molar-refractivity contribution in [3.63, 3.8) is 0 Å². The zero-order chi connectivity index (χ0) is 22.7. The third-order valence-corrected chi connectivity index (χ3v) is 5.22. The second kappa shape index (κ2) is 9.09. The van der Waals surface area contributed by atoms with Crippen molar-refractivity contribution in [2.75, 3.05) is 41.4 Å². The molecule has 1 amide bonds. The summed E-state index contributed by atoms with van der Waals surface area (Å²) >= 11 is 0. The molecular formula is C23H26N2O6. The monoisotopic (exact) mass is 426 g/mol. The number of benzene rings is 2. The molecule has 0 radical (unpaired) electrons. The van der Waals surface area contributed by atoms with Gasteiger partial charge in [0.1, 0.15) is 23.0 Å². The molecule has 0 bridgehead atoms. The Balaban J connectivity index is 2.21. The minimum Gasteiger partial charge on any atom is -0.507 e. The number of para-hydroxylation sites is 1. The molecule has 0 saturated carbocycles. The molecular weight excluding hydrogens is 400 g/mol. The van der Waals surface area contributed by atoms with Crippen molar-refractivity contribution in [1.29, 1.82) is 0 Å². The Morgan fingerprint density at radius 3 is 2.42 bits per heavy atom. The highest BCUT2D eigenvalue weighted by molar-refractivity contribution is 6.46. The molecule has 1 atom stereocenters. The summed E-state index contributed by atoms with van der Waals surface area (Å²) in [7, 11) is 6.68. The maximum atomic E-state index is 13.0. The fraction of sp³-hybridized carbons (Fsp3) is 0.304. The first kappa shape index (κ1) is 22.2. The number of rotatable bonds is 7. The van der Waals surface area contributed by atoms with Gasteiger partial charge in [-0.25, -0.2) is 0 Å². The number of hydrogen-bond acceptors (Lipinski definition) is 7. The predicted octanol–water partition coefficient (Wildman–Crippen LogP) is 2.39. The van der Waals surface area contributed by atoms with Crippen LogP contribution in [0.4, 0.5) is 0 Å². The Morgan fingerprint density at radius 2 is 1.81 bits per heavy atom. The van der Waals surface area contributed by atoms with Gasteiger partial charge in [-0.3, -0.25) is 9.59 Å². The molecule has 1 saturated heterocycles. The quantitative estimate of drug-likeness (QED) is 0.398. The van der Waals surface area contributed by atoms with Gasteiger partial charge in [0.2, 0.25) is 0 Å². The molecule has 0 aromatic heterocycles. The molecule has 1 unspecified atom stereocenters. The number of hydrogen-bond donors (Lipinski definition) is 2. The summed E-state index contributed by atoms with van der Waals surface area (Å²) in [5, 5.41) is 21.5. The standard InChI is InChI=1S/C23H26N2O6/c1-24(2)11-12-25-20(16-7-5-6-8-18(16)31-4)19(22(28)23(25)29)21(27)15-10-9-14(30-3)13-17(15)26/h5-10,13,20,26-27H,11-12H2,1-4H3/b21-19+. The van der Waals surface area contributed by atoms with E-state index in [9.17, 15) is 19.8 Å². The molecule has 2 N–H and O–H groups in total. The van der Waals surface area contributed by atoms with E-state index in [1.54, 1.807) is 30.3 Å². The third-order valence-electron chi connectivity index (χ3n) is 5.22. The highest BCUT2D eigenvalue weighted by Crippen LogP contribution is 2.43. The van der Waals surface area contributed by atoms with Gasteiger partial charge in [0.05, 0.1) is 31.4 Å². The molecule has 1 aliphatic rings. The van der Waals surface area contributed by atoms with Gasteiger partial charge in [-0.2, -0.15) is 0 Å². The third kappa shape index (κ3) is 4.20. The van der Waals surface area contributed by atoms with Gasteiger partial charge >= 0.3 is 0 Å². The molecule has 31 heavy (non-hydrogen) atoms. The number of methoxy groups -OCH3 is 2. The van der Waals surface area contributed by atoms with E-state index in [1.165, 1.54) is 31.3 Å². The molecule has 0 aliphatic carbocycles. The van der Waals surface area contributed by atoms with Crippen molar-refractivity contribution in [2.24, 2.45) is 0 Å². The van der Waals surface area contributed by atoms with E-state index >= 15 is 0 Å². The van der Waals surface area contributed by atoms with Gasteiger partial charge in [0.25, 0.3) is 11.7 Å². The molecule has 8 heteroatoms. The molecule has 1 fully saturated rings. The lowest BCUT2D eigenvalue weighted by atomic mass is 9.94. The van der Waals surface area contributed by atoms with Crippen LogP contribution in [0.15, 0.2) is 48.0 Å². The first-order valence-electron chi connectivity index (χ1n) is 9.73. The second-order valence-corrected chi connectivity index (χ2v) is 7.42. The van der Waals surface area contributed by atoms with Crippen molar-refractivity contribution >= 4 is 17.4 Å². The Morgan fingerprint density at radius 1 is 1.10 bits per heavy atom. The number of carbonyl (C=O) groups is 2. The number of aliphatic hydroxyl groups excluding tert-OH is 1. The van der Waals surface area contributed by atoms with Gasteiger partial charge in [-0.1, -0.05) is 18.2 Å². The lowest BCUT2D eigenvalue weighted by Gasteiger charge is -2.27. The van der Waals surface area contributed by atoms with Crippen LogP contribution in [0.2, 0.25) is 0 Å². The van der Waals surface area contributed by atoms with Crippen LogP contribution in [-0.4, -0.2) is 73.1 Å². The Bertz CT molecular complexity index is 1030. The van der Waals surface area contributed by atoms with Crippen LogP contribution < -0.4 is 9.47 Å². The number of carbonyl (C=O) groups excluding carboxylic acids is 2. The van der Waals surface area contributed by atoms with E-state index in [4.69, 9.17) is 9.47 Å². The number of phenols is 1. The van der Waals surface area contributed by atoms with Crippen LogP contribution in [0.1, 0.15) is 17.2 Å². The van der Waals surface area contributed by atoms with Crippen LogP contribution in [0.3, 0.4) is 0 Å². The predicted molar refractivity (Wildman–Crippen MR) is 115 cm³/mol. The Hall–Kier alpha value is -3.52. The van der Waals surface area contributed by atoms with Crippen LogP contribution in [0.5, 0.6) is 17.2 Å². The lowest BCUT2D eigenvalue weighted by Crippen LogP contribution is -2.35. The van der Waals surface area contributed by atoms with Crippen molar-refractivity contribution in [2.45, 2.75) is 6.04 Å². The largest absolute Gasteiger partial charge is 0.507 e. The average molecular weight is 426 g/mol. The molecule has 1 heterocycles. The van der Waals surface area contributed by atoms with Crippen LogP contribution in [0, 0.1) is 0 Å². The number of aromatic hydroxyl groups is 1. The first-order chi connectivity index (χ1) is 14.8. The van der Waals surface area contributed by atoms with E-state index in [1.807, 2.05) is 19.0 Å². The fourth-order valence-corrected chi connectivity index (χ4v) is 3.62. The van der Waals surface area contributed by atoms with E-state index in [2.05, 4.69) is 0 Å². The first-order valence-corrected chi connectivity index (χ1v) is 9.73. The van der Waals surface area contributed by atoms with Gasteiger partial charge in [0, 0.05) is 24.7 Å². The second-order valence-electron chi connectivity index (χ2n) is 7.42. The summed E-state index contributed by atoms with van der Waals surface area (Å²) in [6, 6.07) is 10.5. The molecule has 2 aromatic rings. The van der Waals surface area contributed by atoms with Gasteiger partial charge in [-0.15, -0.1) is 0 Å². The summed E-state index contributed by atoms with van der Waals surface area (Å²) in [5.74, 6) is -1.39. The number of amides is 1. The number of likely N-dealkylation sites (N-methyl/N-ethyl adjacent to an activating group) is 1. The van der Waals surface area contributed by atoms with E-state index in [0.29, 0.717) is 23.6 Å². The Kier molecular flexibility index (Phi) is 6.50. The normalized spacial score (nSPS) is 18.0. The van der Waals surface area contributed by atoms with Crippen LogP contribution in [-0.2, 0) is 9.59 Å². The topological polar surface area (TPSA) is 99.5 Å². The van der Waals surface area contributed by atoms with Gasteiger partial charge in [-0.05, 0) is 32.3 Å². The van der Waals surface area contributed by atoms with Gasteiger partial charge in [0.15, 0.2) is 0 Å².